The highest BCUT2D eigenvalue weighted by Crippen LogP contribution is 2.08. The quantitative estimate of drug-likeness (QED) is 0.557. The van der Waals surface area contributed by atoms with Crippen molar-refractivity contribution >= 4 is 5.84 Å². The first kappa shape index (κ1) is 7.34. The molecule has 0 aromatic carbocycles. The summed E-state index contributed by atoms with van der Waals surface area (Å²) in [6.45, 7) is 2.66. The first-order valence-corrected chi connectivity index (χ1v) is 3.51. The van der Waals surface area contributed by atoms with Gasteiger partial charge in [0.15, 0.2) is 0 Å². The Kier molecular flexibility index (Phi) is 2.11. The number of hydrazone groups is 1. The van der Waals surface area contributed by atoms with Crippen LogP contribution >= 0.6 is 0 Å². The van der Waals surface area contributed by atoms with Gasteiger partial charge in [-0.25, -0.2) is 0 Å². The highest BCUT2D eigenvalue weighted by Gasteiger charge is 2.16. The number of aliphatic hydroxyl groups excluding tert-OH is 1. The summed E-state index contributed by atoms with van der Waals surface area (Å²) in [6, 6.07) is 0. The standard InChI is InChI=1S/C6H13N3O/c1-2-6(10)9-4-3-5(7)8-9/h6,10H,2-4H2,1H3,(H2,7,8). The van der Waals surface area contributed by atoms with Crippen molar-refractivity contribution in [1.82, 2.24) is 5.01 Å². The van der Waals surface area contributed by atoms with E-state index in [0.29, 0.717) is 12.3 Å². The fourth-order valence-electron chi connectivity index (χ4n) is 0.920. The van der Waals surface area contributed by atoms with E-state index in [4.69, 9.17) is 5.73 Å². The topological polar surface area (TPSA) is 61.8 Å². The van der Waals surface area contributed by atoms with E-state index < -0.39 is 6.23 Å². The van der Waals surface area contributed by atoms with E-state index in [1.165, 1.54) is 0 Å². The van der Waals surface area contributed by atoms with Crippen molar-refractivity contribution in [2.24, 2.45) is 10.8 Å². The van der Waals surface area contributed by atoms with Gasteiger partial charge in [0.25, 0.3) is 0 Å². The summed E-state index contributed by atoms with van der Waals surface area (Å²) in [5.74, 6) is 0.618. The average molecular weight is 143 g/mol. The smallest absolute Gasteiger partial charge is 0.142 e. The summed E-state index contributed by atoms with van der Waals surface area (Å²) in [7, 11) is 0. The van der Waals surface area contributed by atoms with Crippen LogP contribution in [0.5, 0.6) is 0 Å². The minimum absolute atomic E-state index is 0.457. The van der Waals surface area contributed by atoms with E-state index in [0.717, 1.165) is 13.0 Å². The zero-order valence-electron chi connectivity index (χ0n) is 6.12. The fourth-order valence-corrected chi connectivity index (χ4v) is 0.920. The second-order valence-corrected chi connectivity index (χ2v) is 2.39. The summed E-state index contributed by atoms with van der Waals surface area (Å²) < 4.78 is 0. The van der Waals surface area contributed by atoms with E-state index in [-0.39, 0.29) is 0 Å². The summed E-state index contributed by atoms with van der Waals surface area (Å²) in [5.41, 5.74) is 5.41. The van der Waals surface area contributed by atoms with Crippen LogP contribution in [0.4, 0.5) is 0 Å². The van der Waals surface area contributed by atoms with Gasteiger partial charge in [-0.15, -0.1) is 0 Å². The number of rotatable bonds is 2. The maximum absolute atomic E-state index is 9.24. The van der Waals surface area contributed by atoms with Gasteiger partial charge < -0.3 is 10.8 Å². The van der Waals surface area contributed by atoms with Gasteiger partial charge in [-0.3, -0.25) is 5.01 Å². The predicted molar refractivity (Wildman–Crippen MR) is 39.2 cm³/mol. The van der Waals surface area contributed by atoms with Gasteiger partial charge >= 0.3 is 0 Å². The first-order valence-electron chi connectivity index (χ1n) is 3.51. The van der Waals surface area contributed by atoms with Gasteiger partial charge in [-0.1, -0.05) is 6.92 Å². The molecule has 0 radical (unpaired) electrons. The highest BCUT2D eigenvalue weighted by molar-refractivity contribution is 5.81. The molecular weight excluding hydrogens is 130 g/mol. The van der Waals surface area contributed by atoms with Crippen LogP contribution in [0.2, 0.25) is 0 Å². The molecule has 0 spiro atoms. The Balaban J connectivity index is 2.44. The summed E-state index contributed by atoms with van der Waals surface area (Å²) in [6.07, 6.45) is 1.01. The zero-order valence-corrected chi connectivity index (χ0v) is 6.12. The molecule has 3 N–H and O–H groups in total. The summed E-state index contributed by atoms with van der Waals surface area (Å²) in [5, 5.41) is 14.8. The lowest BCUT2D eigenvalue weighted by molar-refractivity contribution is 0.0106. The molecule has 58 valence electrons. The van der Waals surface area contributed by atoms with Crippen LogP contribution in [0.25, 0.3) is 0 Å². The van der Waals surface area contributed by atoms with Crippen molar-refractivity contribution in [1.29, 1.82) is 0 Å². The normalized spacial score (nSPS) is 21.0. The number of amidine groups is 1. The number of nitrogens with two attached hydrogens (primary N) is 1. The lowest BCUT2D eigenvalue weighted by Crippen LogP contribution is -2.27. The molecule has 0 aromatic rings. The molecule has 0 saturated carbocycles. The molecule has 1 unspecified atom stereocenters. The van der Waals surface area contributed by atoms with Crippen molar-refractivity contribution in [3.8, 4) is 0 Å². The Morgan fingerprint density at radius 1 is 1.90 bits per heavy atom. The molecule has 0 aliphatic carbocycles. The molecule has 1 atom stereocenters. The molecule has 1 rings (SSSR count). The highest BCUT2D eigenvalue weighted by atomic mass is 16.3. The zero-order chi connectivity index (χ0) is 7.56. The third-order valence-corrected chi connectivity index (χ3v) is 1.56. The number of aliphatic hydroxyl groups is 1. The van der Waals surface area contributed by atoms with Crippen LogP contribution in [0, 0.1) is 0 Å². The second-order valence-electron chi connectivity index (χ2n) is 2.39. The molecule has 0 amide bonds. The molecule has 4 nitrogen and oxygen atoms in total. The molecule has 1 heterocycles. The number of hydrogen-bond acceptors (Lipinski definition) is 4. The van der Waals surface area contributed by atoms with E-state index in [2.05, 4.69) is 5.10 Å². The van der Waals surface area contributed by atoms with Gasteiger partial charge in [-0.05, 0) is 6.42 Å². The molecule has 0 saturated heterocycles. The Bertz CT molecular complexity index is 146. The molecule has 0 aromatic heterocycles. The average Bonchev–Trinajstić information content (AvgIpc) is 2.34. The first-order chi connectivity index (χ1) is 4.74. The molecular formula is C6H13N3O. The van der Waals surface area contributed by atoms with Gasteiger partial charge in [0.2, 0.25) is 0 Å². The monoisotopic (exact) mass is 143 g/mol. The number of nitrogens with zero attached hydrogens (tertiary/aromatic N) is 2. The minimum atomic E-state index is -0.457. The molecule has 10 heavy (non-hydrogen) atoms. The maximum Gasteiger partial charge on any atom is 0.142 e. The van der Waals surface area contributed by atoms with Crippen LogP contribution in [-0.2, 0) is 0 Å². The van der Waals surface area contributed by atoms with Gasteiger partial charge in [0, 0.05) is 13.0 Å². The third kappa shape index (κ3) is 1.39. The molecule has 0 fully saturated rings. The van der Waals surface area contributed by atoms with E-state index in [9.17, 15) is 5.11 Å². The van der Waals surface area contributed by atoms with Crippen molar-refractivity contribution in [3.63, 3.8) is 0 Å². The fraction of sp³-hybridized carbons (Fsp3) is 0.833. The summed E-state index contributed by atoms with van der Waals surface area (Å²) in [4.78, 5) is 0. The van der Waals surface area contributed by atoms with Gasteiger partial charge in [0.1, 0.15) is 12.1 Å². The van der Waals surface area contributed by atoms with Gasteiger partial charge in [0.05, 0.1) is 0 Å². The largest absolute Gasteiger partial charge is 0.386 e. The van der Waals surface area contributed by atoms with Gasteiger partial charge in [-0.2, -0.15) is 5.10 Å². The van der Waals surface area contributed by atoms with E-state index in [1.54, 1.807) is 5.01 Å². The third-order valence-electron chi connectivity index (χ3n) is 1.56. The Morgan fingerprint density at radius 2 is 2.60 bits per heavy atom. The Labute approximate surface area is 60.3 Å². The second kappa shape index (κ2) is 2.88. The Morgan fingerprint density at radius 3 is 3.00 bits per heavy atom. The van der Waals surface area contributed by atoms with Crippen LogP contribution in [-0.4, -0.2) is 28.7 Å². The minimum Gasteiger partial charge on any atom is -0.386 e. The molecule has 1 aliphatic rings. The van der Waals surface area contributed by atoms with Crippen LogP contribution < -0.4 is 5.73 Å². The molecule has 4 heteroatoms. The number of hydrogen-bond donors (Lipinski definition) is 2. The van der Waals surface area contributed by atoms with Crippen LogP contribution in [0.1, 0.15) is 19.8 Å². The van der Waals surface area contributed by atoms with Crippen LogP contribution in [0.15, 0.2) is 5.10 Å². The maximum atomic E-state index is 9.24. The van der Waals surface area contributed by atoms with Crippen molar-refractivity contribution in [2.75, 3.05) is 6.54 Å². The molecule has 0 bridgehead atoms. The summed E-state index contributed by atoms with van der Waals surface area (Å²) >= 11 is 0. The predicted octanol–water partition coefficient (Wildman–Crippen LogP) is -0.307. The van der Waals surface area contributed by atoms with Crippen molar-refractivity contribution in [3.05, 3.63) is 0 Å². The lowest BCUT2D eigenvalue weighted by atomic mass is 10.4. The van der Waals surface area contributed by atoms with Crippen molar-refractivity contribution < 1.29 is 5.11 Å². The van der Waals surface area contributed by atoms with Crippen LogP contribution in [0.3, 0.4) is 0 Å². The van der Waals surface area contributed by atoms with Crippen molar-refractivity contribution in [2.45, 2.75) is 26.0 Å². The van der Waals surface area contributed by atoms with E-state index in [1.807, 2.05) is 6.92 Å². The SMILES string of the molecule is CCC(O)N1CCC(N)=N1. The van der Waals surface area contributed by atoms with E-state index >= 15 is 0 Å². The molecule has 1 aliphatic heterocycles. The lowest BCUT2D eigenvalue weighted by Gasteiger charge is -2.18. The Hall–Kier alpha value is -0.770.